The van der Waals surface area contributed by atoms with E-state index in [9.17, 15) is 0 Å². The highest BCUT2D eigenvalue weighted by Crippen LogP contribution is 2.30. The summed E-state index contributed by atoms with van der Waals surface area (Å²) in [6.45, 7) is 2.90. The van der Waals surface area contributed by atoms with Gasteiger partial charge < -0.3 is 5.73 Å². The molecule has 1 aromatic carbocycles. The van der Waals surface area contributed by atoms with E-state index in [0.717, 1.165) is 34.3 Å². The summed E-state index contributed by atoms with van der Waals surface area (Å²) in [7, 11) is 0. The molecule has 0 aliphatic carbocycles. The fraction of sp³-hybridized carbons (Fsp3) is 0.455. The van der Waals surface area contributed by atoms with Crippen LogP contribution in [0.25, 0.3) is 0 Å². The summed E-state index contributed by atoms with van der Waals surface area (Å²) >= 11 is 14.0. The van der Waals surface area contributed by atoms with Gasteiger partial charge in [0.15, 0.2) is 0 Å². The fourth-order valence-corrected chi connectivity index (χ4v) is 2.97. The first-order valence-electron chi connectivity index (χ1n) is 4.89. The number of thioether (sulfide) groups is 1. The van der Waals surface area contributed by atoms with Gasteiger partial charge >= 0.3 is 0 Å². The second-order valence-corrected chi connectivity index (χ2v) is 5.64. The second-order valence-electron chi connectivity index (χ2n) is 3.40. The first kappa shape index (κ1) is 13.2. The Balaban J connectivity index is 2.57. The zero-order valence-electron chi connectivity index (χ0n) is 8.67. The van der Waals surface area contributed by atoms with Crippen LogP contribution >= 0.6 is 35.0 Å². The fourth-order valence-electron chi connectivity index (χ4n) is 1.21. The zero-order chi connectivity index (χ0) is 11.3. The van der Waals surface area contributed by atoms with E-state index < -0.39 is 0 Å². The largest absolute Gasteiger partial charge is 0.330 e. The van der Waals surface area contributed by atoms with Gasteiger partial charge in [0, 0.05) is 21.0 Å². The SMILES string of the molecule is CC(CCN)SCc1c(Cl)cccc1Cl. The lowest BCUT2D eigenvalue weighted by molar-refractivity contribution is 0.823. The summed E-state index contributed by atoms with van der Waals surface area (Å²) in [5.74, 6) is 0.847. The van der Waals surface area contributed by atoms with E-state index in [4.69, 9.17) is 28.9 Å². The number of benzene rings is 1. The molecule has 4 heteroatoms. The minimum absolute atomic E-state index is 0.544. The van der Waals surface area contributed by atoms with Gasteiger partial charge in [-0.1, -0.05) is 36.2 Å². The molecule has 0 fully saturated rings. The molecule has 1 aromatic rings. The molecule has 0 radical (unpaired) electrons. The Morgan fingerprint density at radius 3 is 2.47 bits per heavy atom. The number of halogens is 2. The van der Waals surface area contributed by atoms with Crippen LogP contribution < -0.4 is 5.73 Å². The van der Waals surface area contributed by atoms with E-state index in [2.05, 4.69) is 6.92 Å². The maximum atomic E-state index is 6.07. The quantitative estimate of drug-likeness (QED) is 0.871. The molecule has 0 amide bonds. The van der Waals surface area contributed by atoms with E-state index >= 15 is 0 Å². The van der Waals surface area contributed by atoms with Gasteiger partial charge in [0.05, 0.1) is 0 Å². The molecule has 1 atom stereocenters. The molecule has 0 aliphatic rings. The minimum atomic E-state index is 0.544. The normalized spacial score (nSPS) is 12.8. The Labute approximate surface area is 105 Å². The molecule has 0 aliphatic heterocycles. The van der Waals surface area contributed by atoms with E-state index in [1.54, 1.807) is 0 Å². The molecule has 15 heavy (non-hydrogen) atoms. The van der Waals surface area contributed by atoms with Gasteiger partial charge in [0.2, 0.25) is 0 Å². The molecule has 84 valence electrons. The third-order valence-corrected chi connectivity index (χ3v) is 4.12. The molecule has 1 nitrogen and oxygen atoms in total. The smallest absolute Gasteiger partial charge is 0.0461 e. The van der Waals surface area contributed by atoms with Crippen molar-refractivity contribution in [1.82, 2.24) is 0 Å². The molecule has 0 spiro atoms. The Kier molecular flexibility index (Phi) is 5.83. The van der Waals surface area contributed by atoms with Crippen LogP contribution in [0.1, 0.15) is 18.9 Å². The van der Waals surface area contributed by atoms with Crippen molar-refractivity contribution in [3.8, 4) is 0 Å². The van der Waals surface area contributed by atoms with Gasteiger partial charge in [-0.25, -0.2) is 0 Å². The van der Waals surface area contributed by atoms with Crippen LogP contribution in [0.15, 0.2) is 18.2 Å². The summed E-state index contributed by atoms with van der Waals surface area (Å²) in [6, 6.07) is 5.61. The third kappa shape index (κ3) is 4.23. The van der Waals surface area contributed by atoms with E-state index in [-0.39, 0.29) is 0 Å². The van der Waals surface area contributed by atoms with E-state index in [1.807, 2.05) is 30.0 Å². The molecular formula is C11H15Cl2NS. The van der Waals surface area contributed by atoms with Crippen molar-refractivity contribution in [3.05, 3.63) is 33.8 Å². The predicted molar refractivity (Wildman–Crippen MR) is 70.9 cm³/mol. The lowest BCUT2D eigenvalue weighted by atomic mass is 10.2. The van der Waals surface area contributed by atoms with Crippen molar-refractivity contribution < 1.29 is 0 Å². The Hall–Kier alpha value is 0.110. The van der Waals surface area contributed by atoms with Crippen LogP contribution in [-0.4, -0.2) is 11.8 Å². The number of hydrogen-bond donors (Lipinski definition) is 1. The lowest BCUT2D eigenvalue weighted by Crippen LogP contribution is -2.07. The molecule has 1 rings (SSSR count). The highest BCUT2D eigenvalue weighted by atomic mass is 35.5. The van der Waals surface area contributed by atoms with E-state index in [0.29, 0.717) is 5.25 Å². The van der Waals surface area contributed by atoms with Crippen LogP contribution in [0.4, 0.5) is 0 Å². The molecule has 1 unspecified atom stereocenters. The molecular weight excluding hydrogens is 249 g/mol. The maximum Gasteiger partial charge on any atom is 0.0461 e. The Morgan fingerprint density at radius 2 is 1.93 bits per heavy atom. The summed E-state index contributed by atoms with van der Waals surface area (Å²) < 4.78 is 0. The average Bonchev–Trinajstić information content (AvgIpc) is 2.17. The third-order valence-electron chi connectivity index (χ3n) is 2.15. The van der Waals surface area contributed by atoms with Crippen molar-refractivity contribution in [1.29, 1.82) is 0 Å². The number of rotatable bonds is 5. The lowest BCUT2D eigenvalue weighted by Gasteiger charge is -2.11. The van der Waals surface area contributed by atoms with Crippen molar-refractivity contribution >= 4 is 35.0 Å². The van der Waals surface area contributed by atoms with Crippen molar-refractivity contribution in [2.45, 2.75) is 24.3 Å². The van der Waals surface area contributed by atoms with Crippen molar-refractivity contribution in [2.24, 2.45) is 5.73 Å². The number of hydrogen-bond acceptors (Lipinski definition) is 2. The predicted octanol–water partition coefficient (Wildman–Crippen LogP) is 3.96. The number of nitrogens with two attached hydrogens (primary N) is 1. The molecule has 0 heterocycles. The Bertz CT molecular complexity index is 297. The summed E-state index contributed by atoms with van der Waals surface area (Å²) in [4.78, 5) is 0. The Morgan fingerprint density at radius 1 is 1.33 bits per heavy atom. The van der Waals surface area contributed by atoms with Crippen molar-refractivity contribution in [3.63, 3.8) is 0 Å². The van der Waals surface area contributed by atoms with Gasteiger partial charge in [-0.3, -0.25) is 0 Å². The van der Waals surface area contributed by atoms with Gasteiger partial charge in [-0.2, -0.15) is 11.8 Å². The van der Waals surface area contributed by atoms with Crippen LogP contribution in [0, 0.1) is 0 Å². The average molecular weight is 264 g/mol. The molecule has 2 N–H and O–H groups in total. The first-order valence-corrected chi connectivity index (χ1v) is 6.70. The van der Waals surface area contributed by atoms with Gasteiger partial charge in [-0.05, 0) is 30.7 Å². The summed E-state index contributed by atoms with van der Waals surface area (Å²) in [5.41, 5.74) is 6.52. The maximum absolute atomic E-state index is 6.07. The molecule has 0 bridgehead atoms. The van der Waals surface area contributed by atoms with Gasteiger partial charge in [0.1, 0.15) is 0 Å². The monoisotopic (exact) mass is 263 g/mol. The zero-order valence-corrected chi connectivity index (χ0v) is 11.0. The highest BCUT2D eigenvalue weighted by molar-refractivity contribution is 7.99. The van der Waals surface area contributed by atoms with Crippen LogP contribution in [-0.2, 0) is 5.75 Å². The summed E-state index contributed by atoms with van der Waals surface area (Å²) in [6.07, 6.45) is 1.02. The van der Waals surface area contributed by atoms with Crippen LogP contribution in [0.5, 0.6) is 0 Å². The molecule has 0 saturated carbocycles. The highest BCUT2D eigenvalue weighted by Gasteiger charge is 2.08. The standard InChI is InChI=1S/C11H15Cl2NS/c1-8(5-6-14)15-7-9-10(12)3-2-4-11(9)13/h2-4,8H,5-7,14H2,1H3. The molecule has 0 aromatic heterocycles. The van der Waals surface area contributed by atoms with E-state index in [1.165, 1.54) is 0 Å². The van der Waals surface area contributed by atoms with Gasteiger partial charge in [0.25, 0.3) is 0 Å². The van der Waals surface area contributed by atoms with Gasteiger partial charge in [-0.15, -0.1) is 0 Å². The first-order chi connectivity index (χ1) is 7.15. The summed E-state index contributed by atoms with van der Waals surface area (Å²) in [5, 5.41) is 2.03. The minimum Gasteiger partial charge on any atom is -0.330 e. The van der Waals surface area contributed by atoms with Crippen LogP contribution in [0.2, 0.25) is 10.0 Å². The second kappa shape index (κ2) is 6.64. The topological polar surface area (TPSA) is 26.0 Å². The van der Waals surface area contributed by atoms with Crippen molar-refractivity contribution in [2.75, 3.05) is 6.54 Å². The van der Waals surface area contributed by atoms with Crippen LogP contribution in [0.3, 0.4) is 0 Å². The molecule has 0 saturated heterocycles.